The van der Waals surface area contributed by atoms with Crippen LogP contribution < -0.4 is 9.46 Å². The fraction of sp³-hybridized carbons (Fsp3) is 0.150. The third kappa shape index (κ3) is 3.27. The molecule has 8 heteroatoms. The number of carbonyl (C=O) groups is 1. The average molecular weight is 396 g/mol. The van der Waals surface area contributed by atoms with Gasteiger partial charge in [0, 0.05) is 37.2 Å². The number of sulfonamides is 1. The lowest BCUT2D eigenvalue weighted by atomic mass is 10.1. The van der Waals surface area contributed by atoms with Crippen LogP contribution in [0.15, 0.2) is 59.6 Å². The highest BCUT2D eigenvalue weighted by Gasteiger charge is 2.25. The molecule has 7 nitrogen and oxygen atoms in total. The van der Waals surface area contributed by atoms with Gasteiger partial charge in [0.05, 0.1) is 23.9 Å². The Balaban J connectivity index is 1.67. The molecule has 0 unspecified atom stereocenters. The summed E-state index contributed by atoms with van der Waals surface area (Å²) in [6.07, 6.45) is 3.54. The van der Waals surface area contributed by atoms with E-state index >= 15 is 0 Å². The van der Waals surface area contributed by atoms with Gasteiger partial charge in [-0.3, -0.25) is 14.5 Å². The summed E-state index contributed by atoms with van der Waals surface area (Å²) >= 11 is 0. The minimum atomic E-state index is -3.88. The standard InChI is InChI=1S/C20H18N3O4S/c1-27-17-13-15(8-9-16(17)20(24)23-11-4-12-23)22-28(25,26)18-7-2-5-14-6-3-10-21-19(14)18/h2-10,13,22H,11-12H2,1H3. The molecule has 0 bridgehead atoms. The van der Waals surface area contributed by atoms with Gasteiger partial charge >= 0.3 is 0 Å². The summed E-state index contributed by atoms with van der Waals surface area (Å²) in [6, 6.07) is 13.2. The Bertz CT molecular complexity index is 1150. The fourth-order valence-electron chi connectivity index (χ4n) is 3.03. The van der Waals surface area contributed by atoms with Crippen molar-refractivity contribution in [2.75, 3.05) is 24.9 Å². The maximum atomic E-state index is 12.9. The first-order valence-corrected chi connectivity index (χ1v) is 10.1. The quantitative estimate of drug-likeness (QED) is 0.716. The number of likely N-dealkylation sites (tertiary alicyclic amines) is 1. The number of ether oxygens (including phenoxy) is 1. The second-order valence-electron chi connectivity index (χ2n) is 6.35. The van der Waals surface area contributed by atoms with E-state index in [1.165, 1.54) is 19.2 Å². The number of amides is 1. The number of pyridine rings is 1. The molecule has 1 fully saturated rings. The molecule has 1 aromatic heterocycles. The molecular weight excluding hydrogens is 378 g/mol. The number of hydrogen-bond donors (Lipinski definition) is 1. The van der Waals surface area contributed by atoms with Crippen LogP contribution in [-0.4, -0.2) is 44.4 Å². The number of fused-ring (bicyclic) bond motifs is 1. The molecule has 143 valence electrons. The maximum Gasteiger partial charge on any atom is 0.264 e. The van der Waals surface area contributed by atoms with E-state index in [0.29, 0.717) is 35.6 Å². The molecule has 0 aliphatic carbocycles. The lowest BCUT2D eigenvalue weighted by Crippen LogP contribution is -2.42. The molecule has 3 aromatic rings. The number of methoxy groups -OCH3 is 1. The fourth-order valence-corrected chi connectivity index (χ4v) is 4.26. The Labute approximate surface area is 163 Å². The number of rotatable bonds is 5. The van der Waals surface area contributed by atoms with Crippen LogP contribution in [0.4, 0.5) is 5.69 Å². The minimum Gasteiger partial charge on any atom is -0.496 e. The van der Waals surface area contributed by atoms with E-state index in [1.807, 2.05) is 6.42 Å². The average Bonchev–Trinajstić information content (AvgIpc) is 2.65. The summed E-state index contributed by atoms with van der Waals surface area (Å²) in [7, 11) is -2.43. The summed E-state index contributed by atoms with van der Waals surface area (Å²) in [6.45, 7) is 1.20. The van der Waals surface area contributed by atoms with Crippen molar-refractivity contribution in [2.24, 2.45) is 0 Å². The van der Waals surface area contributed by atoms with Gasteiger partial charge in [-0.05, 0) is 24.3 Å². The van der Waals surface area contributed by atoms with Gasteiger partial charge in [0.25, 0.3) is 15.9 Å². The van der Waals surface area contributed by atoms with Gasteiger partial charge in [-0.15, -0.1) is 0 Å². The molecular formula is C20H18N3O4S. The van der Waals surface area contributed by atoms with Crippen molar-refractivity contribution in [1.29, 1.82) is 0 Å². The van der Waals surface area contributed by atoms with Gasteiger partial charge in [-0.25, -0.2) is 8.42 Å². The van der Waals surface area contributed by atoms with Crippen LogP contribution in [0.3, 0.4) is 0 Å². The van der Waals surface area contributed by atoms with Crippen molar-refractivity contribution < 1.29 is 17.9 Å². The van der Waals surface area contributed by atoms with E-state index in [4.69, 9.17) is 4.74 Å². The van der Waals surface area contributed by atoms with Gasteiger partial charge in [-0.2, -0.15) is 0 Å². The van der Waals surface area contributed by atoms with Crippen LogP contribution in [0, 0.1) is 6.42 Å². The molecule has 0 atom stereocenters. The SMILES string of the molecule is COc1cc(NS(=O)(=O)c2cccc3cccnc23)ccc1C(=O)N1C[CH]C1. The van der Waals surface area contributed by atoms with Crippen molar-refractivity contribution in [3.8, 4) is 5.75 Å². The van der Waals surface area contributed by atoms with Gasteiger partial charge < -0.3 is 9.64 Å². The Morgan fingerprint density at radius 1 is 1.14 bits per heavy atom. The molecule has 2 aromatic carbocycles. The Kier molecular flexibility index (Phi) is 4.64. The summed E-state index contributed by atoms with van der Waals surface area (Å²) in [5.41, 5.74) is 1.09. The van der Waals surface area contributed by atoms with Crippen molar-refractivity contribution in [3.05, 3.63) is 66.7 Å². The highest BCUT2D eigenvalue weighted by atomic mass is 32.2. The smallest absolute Gasteiger partial charge is 0.264 e. The second kappa shape index (κ2) is 7.12. The first-order valence-electron chi connectivity index (χ1n) is 8.65. The molecule has 1 saturated heterocycles. The maximum absolute atomic E-state index is 12.9. The molecule has 0 spiro atoms. The van der Waals surface area contributed by atoms with Crippen LogP contribution in [-0.2, 0) is 10.0 Å². The highest BCUT2D eigenvalue weighted by molar-refractivity contribution is 7.93. The largest absolute Gasteiger partial charge is 0.496 e. The van der Waals surface area contributed by atoms with E-state index in [1.54, 1.807) is 47.5 Å². The minimum absolute atomic E-state index is 0.0841. The van der Waals surface area contributed by atoms with Crippen LogP contribution >= 0.6 is 0 Å². The monoisotopic (exact) mass is 396 g/mol. The normalized spacial score (nSPS) is 13.8. The van der Waals surface area contributed by atoms with Crippen molar-refractivity contribution in [2.45, 2.75) is 4.90 Å². The van der Waals surface area contributed by atoms with Crippen LogP contribution in [0.5, 0.6) is 5.75 Å². The zero-order valence-electron chi connectivity index (χ0n) is 15.1. The number of anilines is 1. The Morgan fingerprint density at radius 3 is 2.64 bits per heavy atom. The third-order valence-electron chi connectivity index (χ3n) is 4.56. The highest BCUT2D eigenvalue weighted by Crippen LogP contribution is 2.28. The predicted molar refractivity (Wildman–Crippen MR) is 106 cm³/mol. The van der Waals surface area contributed by atoms with Crippen LogP contribution in [0.25, 0.3) is 10.9 Å². The van der Waals surface area contributed by atoms with Crippen LogP contribution in [0.2, 0.25) is 0 Å². The zero-order valence-corrected chi connectivity index (χ0v) is 15.9. The summed E-state index contributed by atoms with van der Waals surface area (Å²) in [5, 5.41) is 0.732. The molecule has 28 heavy (non-hydrogen) atoms. The lowest BCUT2D eigenvalue weighted by Gasteiger charge is -2.31. The van der Waals surface area contributed by atoms with Crippen molar-refractivity contribution in [1.82, 2.24) is 9.88 Å². The van der Waals surface area contributed by atoms with E-state index < -0.39 is 10.0 Å². The number of para-hydroxylation sites is 1. The van der Waals surface area contributed by atoms with E-state index in [0.717, 1.165) is 5.39 Å². The summed E-state index contributed by atoms with van der Waals surface area (Å²) < 4.78 is 33.7. The molecule has 1 aliphatic heterocycles. The van der Waals surface area contributed by atoms with Crippen molar-refractivity contribution >= 4 is 32.5 Å². The number of carbonyl (C=O) groups excluding carboxylic acids is 1. The third-order valence-corrected chi connectivity index (χ3v) is 5.97. The number of nitrogens with one attached hydrogen (secondary N) is 1. The molecule has 4 rings (SSSR count). The van der Waals surface area contributed by atoms with E-state index in [-0.39, 0.29) is 10.8 Å². The molecule has 1 N–H and O–H groups in total. The molecule has 0 saturated carbocycles. The molecule has 1 amide bonds. The summed E-state index contributed by atoms with van der Waals surface area (Å²) in [5.74, 6) is 0.167. The van der Waals surface area contributed by atoms with Crippen molar-refractivity contribution in [3.63, 3.8) is 0 Å². The first-order chi connectivity index (χ1) is 13.5. The van der Waals surface area contributed by atoms with Crippen LogP contribution in [0.1, 0.15) is 10.4 Å². The Hall–Kier alpha value is -3.13. The van der Waals surface area contributed by atoms with E-state index in [9.17, 15) is 13.2 Å². The predicted octanol–water partition coefficient (Wildman–Crippen LogP) is 2.70. The van der Waals surface area contributed by atoms with Gasteiger partial charge in [0.1, 0.15) is 10.6 Å². The lowest BCUT2D eigenvalue weighted by molar-refractivity contribution is 0.0718. The number of aromatic nitrogens is 1. The zero-order chi connectivity index (χ0) is 19.7. The van der Waals surface area contributed by atoms with Gasteiger partial charge in [0.2, 0.25) is 0 Å². The first kappa shape index (κ1) is 18.2. The number of nitrogens with zero attached hydrogens (tertiary/aromatic N) is 2. The molecule has 1 aliphatic rings. The van der Waals surface area contributed by atoms with Gasteiger partial charge in [-0.1, -0.05) is 18.2 Å². The second-order valence-corrected chi connectivity index (χ2v) is 8.00. The number of hydrogen-bond acceptors (Lipinski definition) is 5. The van der Waals surface area contributed by atoms with Gasteiger partial charge in [0.15, 0.2) is 0 Å². The molecule has 2 heterocycles. The topological polar surface area (TPSA) is 88.6 Å². The Morgan fingerprint density at radius 2 is 1.93 bits per heavy atom. The number of benzene rings is 2. The summed E-state index contributed by atoms with van der Waals surface area (Å²) in [4.78, 5) is 18.4. The molecule has 1 radical (unpaired) electrons. The van der Waals surface area contributed by atoms with E-state index in [2.05, 4.69) is 9.71 Å².